The first kappa shape index (κ1) is 16.1. The molecule has 2 fully saturated rings. The van der Waals surface area contributed by atoms with Gasteiger partial charge in [0.25, 0.3) is 0 Å². The number of nitrogens with zero attached hydrogens (tertiary/aromatic N) is 2. The van der Waals surface area contributed by atoms with Crippen LogP contribution in [0.25, 0.3) is 0 Å². The highest BCUT2D eigenvalue weighted by Gasteiger charge is 2.52. The summed E-state index contributed by atoms with van der Waals surface area (Å²) in [6, 6.07) is 4.96. The lowest BCUT2D eigenvalue weighted by molar-refractivity contribution is -0.141. The first-order chi connectivity index (χ1) is 11.5. The molecular weight excluding hydrogens is 312 g/mol. The predicted molar refractivity (Wildman–Crippen MR) is 85.0 cm³/mol. The number of aromatic hydroxyl groups is 1. The number of nitrogens with one attached hydrogen (secondary N) is 2. The number of hydrogen-bond donors (Lipinski definition) is 3. The topological polar surface area (TPSA) is 102 Å². The molecule has 0 spiro atoms. The van der Waals surface area contributed by atoms with Crippen molar-refractivity contribution in [1.29, 1.82) is 0 Å². The van der Waals surface area contributed by atoms with E-state index in [1.54, 1.807) is 26.0 Å². The van der Waals surface area contributed by atoms with Crippen LogP contribution in [0.4, 0.5) is 9.59 Å². The van der Waals surface area contributed by atoms with E-state index in [2.05, 4.69) is 10.6 Å². The molecule has 24 heavy (non-hydrogen) atoms. The second-order valence-corrected chi connectivity index (χ2v) is 5.81. The standard InChI is InChI=1S/C16H20N4O4/c1-3-19-13-11(14(22)20(4-2)16(19)24)12(17-15(23)18-13)9-6-5-7-10(21)8-9/h5-8,11-13,21H,3-4H2,1-2H3,(H2,17,18,23). The van der Waals surface area contributed by atoms with Gasteiger partial charge in [-0.3, -0.25) is 9.69 Å². The zero-order valence-electron chi connectivity index (χ0n) is 13.5. The molecule has 3 N–H and O–H groups in total. The van der Waals surface area contributed by atoms with E-state index in [1.807, 2.05) is 0 Å². The van der Waals surface area contributed by atoms with Crippen molar-refractivity contribution >= 4 is 18.0 Å². The number of carbonyl (C=O) groups excluding carboxylic acids is 3. The lowest BCUT2D eigenvalue weighted by Crippen LogP contribution is -2.72. The van der Waals surface area contributed by atoms with Crippen LogP contribution < -0.4 is 10.6 Å². The van der Waals surface area contributed by atoms with Gasteiger partial charge in [0.05, 0.1) is 6.04 Å². The summed E-state index contributed by atoms with van der Waals surface area (Å²) in [5.74, 6) is -0.948. The molecule has 2 saturated heterocycles. The molecule has 0 saturated carbocycles. The highest BCUT2D eigenvalue weighted by atomic mass is 16.3. The van der Waals surface area contributed by atoms with Crippen LogP contribution in [0.15, 0.2) is 24.3 Å². The number of carbonyl (C=O) groups is 3. The Kier molecular flexibility index (Phi) is 4.04. The van der Waals surface area contributed by atoms with Crippen molar-refractivity contribution in [2.45, 2.75) is 26.1 Å². The van der Waals surface area contributed by atoms with Crippen LogP contribution in [0.3, 0.4) is 0 Å². The molecule has 3 atom stereocenters. The van der Waals surface area contributed by atoms with Gasteiger partial charge in [-0.25, -0.2) is 9.59 Å². The Bertz CT molecular complexity index is 692. The van der Waals surface area contributed by atoms with Crippen molar-refractivity contribution in [1.82, 2.24) is 20.4 Å². The summed E-state index contributed by atoms with van der Waals surface area (Å²) in [7, 11) is 0. The summed E-state index contributed by atoms with van der Waals surface area (Å²) >= 11 is 0. The third-order valence-corrected chi connectivity index (χ3v) is 4.51. The van der Waals surface area contributed by atoms with Gasteiger partial charge >= 0.3 is 12.1 Å². The molecule has 3 unspecified atom stereocenters. The van der Waals surface area contributed by atoms with Gasteiger partial charge in [-0.2, -0.15) is 0 Å². The number of phenolic OH excluding ortho intramolecular Hbond substituents is 1. The molecule has 1 aromatic carbocycles. The molecule has 5 amide bonds. The van der Waals surface area contributed by atoms with Gasteiger partial charge in [0.1, 0.15) is 17.8 Å². The van der Waals surface area contributed by atoms with E-state index < -0.39 is 30.2 Å². The number of amides is 5. The summed E-state index contributed by atoms with van der Waals surface area (Å²) in [4.78, 5) is 40.1. The molecule has 8 heteroatoms. The van der Waals surface area contributed by atoms with Gasteiger partial charge in [-0.15, -0.1) is 0 Å². The number of benzene rings is 1. The zero-order valence-corrected chi connectivity index (χ0v) is 13.5. The Morgan fingerprint density at radius 1 is 1.12 bits per heavy atom. The third kappa shape index (κ3) is 2.44. The molecular formula is C16H20N4O4. The lowest BCUT2D eigenvalue weighted by Gasteiger charge is -2.49. The SMILES string of the molecule is CCN1C(=O)C2C(c3cccc(O)c3)NC(=O)NC2N(CC)C1=O. The molecule has 2 heterocycles. The highest BCUT2D eigenvalue weighted by Crippen LogP contribution is 2.35. The molecule has 2 aliphatic heterocycles. The van der Waals surface area contributed by atoms with Gasteiger partial charge in [-0.1, -0.05) is 12.1 Å². The average molecular weight is 332 g/mol. The minimum absolute atomic E-state index is 0.0517. The van der Waals surface area contributed by atoms with Crippen molar-refractivity contribution in [3.05, 3.63) is 29.8 Å². The number of hydrogen-bond acceptors (Lipinski definition) is 4. The van der Waals surface area contributed by atoms with Crippen LogP contribution in [-0.2, 0) is 4.79 Å². The highest BCUT2D eigenvalue weighted by molar-refractivity contribution is 6.00. The first-order valence-corrected chi connectivity index (χ1v) is 7.95. The second kappa shape index (κ2) is 6.03. The van der Waals surface area contributed by atoms with Crippen LogP contribution in [0, 0.1) is 5.92 Å². The van der Waals surface area contributed by atoms with Gasteiger partial charge in [0.15, 0.2) is 0 Å². The number of phenols is 1. The summed E-state index contributed by atoms with van der Waals surface area (Å²) in [6.07, 6.45) is -0.709. The number of rotatable bonds is 3. The van der Waals surface area contributed by atoms with Gasteiger partial charge in [0, 0.05) is 13.1 Å². The molecule has 3 rings (SSSR count). The Balaban J connectivity index is 2.06. The zero-order chi connectivity index (χ0) is 17.4. The van der Waals surface area contributed by atoms with Crippen LogP contribution >= 0.6 is 0 Å². The van der Waals surface area contributed by atoms with Crippen molar-refractivity contribution in [3.8, 4) is 5.75 Å². The van der Waals surface area contributed by atoms with Gasteiger partial charge in [-0.05, 0) is 31.5 Å². The minimum atomic E-state index is -0.709. The monoisotopic (exact) mass is 332 g/mol. The second-order valence-electron chi connectivity index (χ2n) is 5.81. The minimum Gasteiger partial charge on any atom is -0.508 e. The molecule has 0 aliphatic carbocycles. The Hall–Kier alpha value is -2.77. The van der Waals surface area contributed by atoms with Crippen LogP contribution in [0.5, 0.6) is 5.75 Å². The van der Waals surface area contributed by atoms with E-state index in [4.69, 9.17) is 0 Å². The molecule has 0 aromatic heterocycles. The van der Waals surface area contributed by atoms with Crippen molar-refractivity contribution in [3.63, 3.8) is 0 Å². The van der Waals surface area contributed by atoms with Gasteiger partial charge < -0.3 is 20.6 Å². The van der Waals surface area contributed by atoms with E-state index in [0.717, 1.165) is 0 Å². The summed E-state index contributed by atoms with van der Waals surface area (Å²) in [5.41, 5.74) is 0.620. The van der Waals surface area contributed by atoms with E-state index >= 15 is 0 Å². The van der Waals surface area contributed by atoms with Crippen molar-refractivity contribution < 1.29 is 19.5 Å². The maximum atomic E-state index is 12.9. The molecule has 2 aliphatic rings. The van der Waals surface area contributed by atoms with Crippen LogP contribution in [-0.4, -0.2) is 52.1 Å². The quantitative estimate of drug-likeness (QED) is 0.768. The fraction of sp³-hybridized carbons (Fsp3) is 0.438. The maximum Gasteiger partial charge on any atom is 0.328 e. The lowest BCUT2D eigenvalue weighted by atomic mass is 9.85. The molecule has 128 valence electrons. The van der Waals surface area contributed by atoms with Crippen molar-refractivity contribution in [2.75, 3.05) is 13.1 Å². The molecule has 0 radical (unpaired) electrons. The van der Waals surface area contributed by atoms with E-state index in [1.165, 1.54) is 21.9 Å². The fourth-order valence-electron chi connectivity index (χ4n) is 3.41. The van der Waals surface area contributed by atoms with E-state index in [-0.39, 0.29) is 18.2 Å². The van der Waals surface area contributed by atoms with Gasteiger partial charge in [0.2, 0.25) is 5.91 Å². The van der Waals surface area contributed by atoms with Crippen LogP contribution in [0.1, 0.15) is 25.5 Å². The number of fused-ring (bicyclic) bond motifs is 1. The Morgan fingerprint density at radius 2 is 1.88 bits per heavy atom. The Labute approximate surface area is 139 Å². The average Bonchev–Trinajstić information content (AvgIpc) is 2.55. The maximum absolute atomic E-state index is 12.9. The molecule has 0 bridgehead atoms. The van der Waals surface area contributed by atoms with E-state index in [0.29, 0.717) is 12.1 Å². The smallest absolute Gasteiger partial charge is 0.328 e. The first-order valence-electron chi connectivity index (χ1n) is 7.95. The number of urea groups is 2. The summed E-state index contributed by atoms with van der Waals surface area (Å²) in [5, 5.41) is 15.2. The number of imide groups is 1. The predicted octanol–water partition coefficient (Wildman–Crippen LogP) is 0.992. The fourth-order valence-corrected chi connectivity index (χ4v) is 3.41. The third-order valence-electron chi connectivity index (χ3n) is 4.51. The molecule has 8 nitrogen and oxygen atoms in total. The van der Waals surface area contributed by atoms with Crippen molar-refractivity contribution in [2.24, 2.45) is 5.92 Å². The Morgan fingerprint density at radius 3 is 2.50 bits per heavy atom. The normalized spacial score (nSPS) is 26.8. The largest absolute Gasteiger partial charge is 0.508 e. The van der Waals surface area contributed by atoms with E-state index in [9.17, 15) is 19.5 Å². The van der Waals surface area contributed by atoms with Crippen LogP contribution in [0.2, 0.25) is 0 Å². The molecule has 1 aromatic rings. The summed E-state index contributed by atoms with van der Waals surface area (Å²) in [6.45, 7) is 4.17. The summed E-state index contributed by atoms with van der Waals surface area (Å²) < 4.78 is 0.